The van der Waals surface area contributed by atoms with E-state index in [1.54, 1.807) is 4.68 Å². The Bertz CT molecular complexity index is 1170. The van der Waals surface area contributed by atoms with Crippen molar-refractivity contribution in [2.75, 3.05) is 10.6 Å². The van der Waals surface area contributed by atoms with Gasteiger partial charge in [0.1, 0.15) is 23.2 Å². The number of halogens is 1. The fourth-order valence-corrected chi connectivity index (χ4v) is 4.10. The maximum absolute atomic E-state index is 13.1. The third kappa shape index (κ3) is 3.08. The highest BCUT2D eigenvalue weighted by Gasteiger charge is 2.37. The van der Waals surface area contributed by atoms with E-state index in [-0.39, 0.29) is 23.5 Å². The molecule has 0 saturated heterocycles. The summed E-state index contributed by atoms with van der Waals surface area (Å²) in [5, 5.41) is 10.5. The van der Waals surface area contributed by atoms with E-state index in [0.717, 1.165) is 24.1 Å². The number of amides is 1. The molecule has 2 aromatic carbocycles. The summed E-state index contributed by atoms with van der Waals surface area (Å²) in [4.78, 5) is 25.7. The molecule has 0 radical (unpaired) electrons. The number of Topliss-reactive ketones (excluding diaryl/α,β-unsaturated/α-hetero) is 1. The number of nitrogens with one attached hydrogen (secondary N) is 2. The summed E-state index contributed by atoms with van der Waals surface area (Å²) in [5.41, 5.74) is 3.36. The highest BCUT2D eigenvalue weighted by molar-refractivity contribution is 6.08. The lowest BCUT2D eigenvalue weighted by Gasteiger charge is -2.33. The van der Waals surface area contributed by atoms with Crippen molar-refractivity contribution in [1.82, 2.24) is 9.78 Å². The van der Waals surface area contributed by atoms with Crippen LogP contribution in [0.15, 0.2) is 72.1 Å². The van der Waals surface area contributed by atoms with Gasteiger partial charge in [-0.05, 0) is 42.7 Å². The van der Waals surface area contributed by atoms with Crippen molar-refractivity contribution in [1.29, 1.82) is 0 Å². The summed E-state index contributed by atoms with van der Waals surface area (Å²) >= 11 is 0. The van der Waals surface area contributed by atoms with Gasteiger partial charge in [-0.25, -0.2) is 9.07 Å². The molecule has 2 N–H and O–H groups in total. The van der Waals surface area contributed by atoms with Crippen LogP contribution in [0.3, 0.4) is 0 Å². The molecule has 1 atom stereocenters. The van der Waals surface area contributed by atoms with Crippen molar-refractivity contribution < 1.29 is 14.0 Å². The van der Waals surface area contributed by atoms with Gasteiger partial charge in [-0.15, -0.1) is 0 Å². The van der Waals surface area contributed by atoms with Gasteiger partial charge >= 0.3 is 0 Å². The van der Waals surface area contributed by atoms with Gasteiger partial charge in [0.05, 0.1) is 6.20 Å². The second-order valence-corrected chi connectivity index (χ2v) is 7.42. The molecule has 1 unspecified atom stereocenters. The van der Waals surface area contributed by atoms with E-state index < -0.39 is 0 Å². The molecule has 30 heavy (non-hydrogen) atoms. The second kappa shape index (κ2) is 7.26. The first kappa shape index (κ1) is 18.3. The predicted molar refractivity (Wildman–Crippen MR) is 111 cm³/mol. The van der Waals surface area contributed by atoms with Gasteiger partial charge in [0.15, 0.2) is 5.78 Å². The minimum Gasteiger partial charge on any atom is -0.343 e. The maximum atomic E-state index is 13.1. The van der Waals surface area contributed by atoms with E-state index >= 15 is 0 Å². The van der Waals surface area contributed by atoms with Gasteiger partial charge in [-0.2, -0.15) is 5.10 Å². The molecule has 7 heteroatoms. The van der Waals surface area contributed by atoms with Crippen LogP contribution in [-0.2, 0) is 4.79 Å². The number of allylic oxidation sites excluding steroid dienone is 2. The van der Waals surface area contributed by atoms with E-state index in [4.69, 9.17) is 0 Å². The molecule has 1 aliphatic carbocycles. The van der Waals surface area contributed by atoms with Crippen LogP contribution in [-0.4, -0.2) is 21.5 Å². The van der Waals surface area contributed by atoms with Crippen LogP contribution in [0.5, 0.6) is 0 Å². The normalized spacial score (nSPS) is 17.8. The number of carbonyl (C=O) groups is 2. The molecule has 2 heterocycles. The Kier molecular flexibility index (Phi) is 4.43. The number of nitrogens with zero attached hydrogens (tertiary/aromatic N) is 2. The number of fused-ring (bicyclic) bond motifs is 1. The quantitative estimate of drug-likeness (QED) is 0.685. The van der Waals surface area contributed by atoms with Gasteiger partial charge in [0, 0.05) is 23.4 Å². The summed E-state index contributed by atoms with van der Waals surface area (Å²) in [5.74, 6) is -0.0638. The molecule has 0 fully saturated rings. The van der Waals surface area contributed by atoms with E-state index in [9.17, 15) is 14.0 Å². The number of anilines is 2. The Morgan fingerprint density at radius 2 is 1.87 bits per heavy atom. The van der Waals surface area contributed by atoms with Crippen molar-refractivity contribution in [3.63, 3.8) is 0 Å². The molecule has 1 aromatic heterocycles. The number of aromatic nitrogens is 2. The first-order chi connectivity index (χ1) is 14.6. The SMILES string of the molecule is O=C1CCCC2=C1C(c1ccccc1)n1ncc(C(=O)Nc3ccc(F)cc3)c1N2. The molecule has 5 rings (SSSR count). The monoisotopic (exact) mass is 402 g/mol. The second-order valence-electron chi connectivity index (χ2n) is 7.42. The number of benzene rings is 2. The zero-order valence-electron chi connectivity index (χ0n) is 16.1. The van der Waals surface area contributed by atoms with Crippen LogP contribution in [0, 0.1) is 5.82 Å². The molecule has 2 aliphatic rings. The van der Waals surface area contributed by atoms with Crippen LogP contribution >= 0.6 is 0 Å². The fraction of sp³-hybridized carbons (Fsp3) is 0.174. The zero-order valence-corrected chi connectivity index (χ0v) is 16.1. The average molecular weight is 402 g/mol. The smallest absolute Gasteiger partial charge is 0.261 e. The standard InChI is InChI=1S/C23H19FN4O2/c24-15-9-11-16(12-10-15)26-23(30)17-13-25-28-21(14-5-2-1-3-6-14)20-18(27-22(17)28)7-4-8-19(20)29/h1-3,5-6,9-13,21,27H,4,7-8H2,(H,26,30). The number of hydrogen-bond donors (Lipinski definition) is 2. The van der Waals surface area contributed by atoms with Gasteiger partial charge < -0.3 is 10.6 Å². The predicted octanol–water partition coefficient (Wildman–Crippen LogP) is 4.30. The summed E-state index contributed by atoms with van der Waals surface area (Å²) in [6, 6.07) is 14.9. The topological polar surface area (TPSA) is 76.0 Å². The molecule has 0 spiro atoms. The fourth-order valence-electron chi connectivity index (χ4n) is 4.10. The molecule has 0 saturated carbocycles. The molecular formula is C23H19FN4O2. The third-order valence-corrected chi connectivity index (χ3v) is 5.50. The lowest BCUT2D eigenvalue weighted by Crippen LogP contribution is -2.32. The lowest BCUT2D eigenvalue weighted by atomic mass is 9.85. The van der Waals surface area contributed by atoms with Gasteiger partial charge in [0.25, 0.3) is 5.91 Å². The largest absolute Gasteiger partial charge is 0.343 e. The molecule has 3 aromatic rings. The van der Waals surface area contributed by atoms with Crippen molar-refractivity contribution in [3.05, 3.63) is 89.0 Å². The Balaban J connectivity index is 1.56. The zero-order chi connectivity index (χ0) is 20.7. The summed E-state index contributed by atoms with van der Waals surface area (Å²) in [6.07, 6.45) is 3.53. The summed E-state index contributed by atoms with van der Waals surface area (Å²) in [7, 11) is 0. The number of carbonyl (C=O) groups excluding carboxylic acids is 2. The number of ketones is 1. The van der Waals surface area contributed by atoms with E-state index in [0.29, 0.717) is 29.1 Å². The summed E-state index contributed by atoms with van der Waals surface area (Å²) < 4.78 is 14.9. The Morgan fingerprint density at radius 3 is 2.63 bits per heavy atom. The first-order valence-corrected chi connectivity index (χ1v) is 9.84. The van der Waals surface area contributed by atoms with Crippen LogP contribution in [0.4, 0.5) is 15.9 Å². The van der Waals surface area contributed by atoms with Crippen molar-refractivity contribution >= 4 is 23.2 Å². The van der Waals surface area contributed by atoms with Crippen LogP contribution in [0.25, 0.3) is 0 Å². The van der Waals surface area contributed by atoms with Gasteiger partial charge in [0.2, 0.25) is 0 Å². The molecule has 0 bridgehead atoms. The van der Waals surface area contributed by atoms with Gasteiger partial charge in [-0.3, -0.25) is 9.59 Å². The van der Waals surface area contributed by atoms with Crippen molar-refractivity contribution in [2.24, 2.45) is 0 Å². The number of hydrogen-bond acceptors (Lipinski definition) is 4. The molecule has 6 nitrogen and oxygen atoms in total. The first-order valence-electron chi connectivity index (χ1n) is 9.84. The van der Waals surface area contributed by atoms with Crippen LogP contribution in [0.1, 0.15) is 41.2 Å². The Labute approximate surface area is 172 Å². The molecular weight excluding hydrogens is 383 g/mol. The van der Waals surface area contributed by atoms with Crippen LogP contribution < -0.4 is 10.6 Å². The Morgan fingerprint density at radius 1 is 1.10 bits per heavy atom. The lowest BCUT2D eigenvalue weighted by molar-refractivity contribution is -0.116. The minimum atomic E-state index is -0.377. The van der Waals surface area contributed by atoms with Crippen LogP contribution in [0.2, 0.25) is 0 Å². The highest BCUT2D eigenvalue weighted by atomic mass is 19.1. The maximum Gasteiger partial charge on any atom is 0.261 e. The number of rotatable bonds is 3. The van der Waals surface area contributed by atoms with Crippen molar-refractivity contribution in [2.45, 2.75) is 25.3 Å². The average Bonchev–Trinajstić information content (AvgIpc) is 3.18. The third-order valence-electron chi connectivity index (χ3n) is 5.50. The molecule has 150 valence electrons. The van der Waals surface area contributed by atoms with E-state index in [1.165, 1.54) is 30.5 Å². The van der Waals surface area contributed by atoms with E-state index in [2.05, 4.69) is 15.7 Å². The van der Waals surface area contributed by atoms with Crippen molar-refractivity contribution in [3.8, 4) is 0 Å². The molecule has 1 amide bonds. The van der Waals surface area contributed by atoms with Gasteiger partial charge in [-0.1, -0.05) is 30.3 Å². The highest BCUT2D eigenvalue weighted by Crippen LogP contribution is 2.41. The minimum absolute atomic E-state index is 0.107. The summed E-state index contributed by atoms with van der Waals surface area (Å²) in [6.45, 7) is 0. The van der Waals surface area contributed by atoms with E-state index in [1.807, 2.05) is 30.3 Å². The Hall–Kier alpha value is -3.74. The molecule has 1 aliphatic heterocycles.